The highest BCUT2D eigenvalue weighted by Crippen LogP contribution is 2.27. The Balaban J connectivity index is 3.43. The zero-order chi connectivity index (χ0) is 12.1. The van der Waals surface area contributed by atoms with Crippen molar-refractivity contribution >= 4 is 15.9 Å². The summed E-state index contributed by atoms with van der Waals surface area (Å²) in [5, 5.41) is 17.6. The molecule has 0 bridgehead atoms. The summed E-state index contributed by atoms with van der Waals surface area (Å²) in [5.74, 6) is 0. The van der Waals surface area contributed by atoms with Crippen LogP contribution in [0.15, 0.2) is 6.07 Å². The number of rotatable bonds is 3. The summed E-state index contributed by atoms with van der Waals surface area (Å²) in [7, 11) is 0. The van der Waals surface area contributed by atoms with E-state index >= 15 is 0 Å². The second kappa shape index (κ2) is 5.53. The lowest BCUT2D eigenvalue weighted by molar-refractivity contribution is 0.149. The molecule has 1 heterocycles. The number of alkyl halides is 3. The van der Waals surface area contributed by atoms with Gasteiger partial charge in [0.1, 0.15) is 0 Å². The molecule has 0 radical (unpaired) electrons. The molecule has 0 atom stereocenters. The van der Waals surface area contributed by atoms with Crippen LogP contribution < -0.4 is 0 Å². The largest absolute Gasteiger partial charge is 0.266 e. The van der Waals surface area contributed by atoms with E-state index in [0.717, 1.165) is 0 Å². The second-order valence-electron chi connectivity index (χ2n) is 2.90. The molecule has 0 unspecified atom stereocenters. The van der Waals surface area contributed by atoms with Crippen molar-refractivity contribution in [3.8, 4) is 12.1 Å². The third kappa shape index (κ3) is 2.53. The molecule has 0 aliphatic heterocycles. The minimum Gasteiger partial charge on any atom is -0.255 e. The molecule has 0 amide bonds. The Morgan fingerprint density at radius 1 is 1.44 bits per heavy atom. The number of halogens is 3. The van der Waals surface area contributed by atoms with Crippen LogP contribution in [0.2, 0.25) is 0 Å². The van der Waals surface area contributed by atoms with E-state index in [2.05, 4.69) is 20.9 Å². The van der Waals surface area contributed by atoms with Crippen LogP contribution in [0.4, 0.5) is 8.78 Å². The smallest absolute Gasteiger partial charge is 0.255 e. The van der Waals surface area contributed by atoms with E-state index in [1.807, 2.05) is 0 Å². The molecule has 0 aliphatic rings. The highest BCUT2D eigenvalue weighted by atomic mass is 79.9. The molecule has 0 saturated heterocycles. The number of aromatic nitrogens is 1. The lowest BCUT2D eigenvalue weighted by atomic mass is 10.0. The van der Waals surface area contributed by atoms with Gasteiger partial charge in [0.05, 0.1) is 41.1 Å². The molecule has 3 nitrogen and oxygen atoms in total. The first kappa shape index (κ1) is 12.5. The summed E-state index contributed by atoms with van der Waals surface area (Å²) in [6, 6.07) is 4.76. The van der Waals surface area contributed by atoms with Crippen molar-refractivity contribution in [2.45, 2.75) is 18.2 Å². The molecule has 1 aromatic heterocycles. The van der Waals surface area contributed by atoms with E-state index in [1.54, 1.807) is 12.1 Å². The maximum absolute atomic E-state index is 12.7. The van der Waals surface area contributed by atoms with Crippen LogP contribution in [0.3, 0.4) is 0 Å². The van der Waals surface area contributed by atoms with E-state index in [9.17, 15) is 8.78 Å². The Morgan fingerprint density at radius 3 is 2.56 bits per heavy atom. The van der Waals surface area contributed by atoms with Crippen molar-refractivity contribution in [1.29, 1.82) is 10.5 Å². The standard InChI is InChI=1S/C10H6BrF2N3/c11-4-7-3-6(5-15)9(10(12)13)8(16-7)1-2-14/h3,10H,1,4H2. The van der Waals surface area contributed by atoms with Crippen LogP contribution in [0.5, 0.6) is 0 Å². The van der Waals surface area contributed by atoms with Crippen molar-refractivity contribution in [3.63, 3.8) is 0 Å². The molecule has 82 valence electrons. The number of nitrogens with zero attached hydrogens (tertiary/aromatic N) is 3. The van der Waals surface area contributed by atoms with Gasteiger partial charge in [-0.25, -0.2) is 8.78 Å². The van der Waals surface area contributed by atoms with Crippen molar-refractivity contribution < 1.29 is 8.78 Å². The van der Waals surface area contributed by atoms with E-state index in [-0.39, 0.29) is 17.7 Å². The summed E-state index contributed by atoms with van der Waals surface area (Å²) >= 11 is 3.13. The third-order valence-corrected chi connectivity index (χ3v) is 2.49. The lowest BCUT2D eigenvalue weighted by Gasteiger charge is -2.09. The first-order valence-corrected chi connectivity index (χ1v) is 5.40. The highest BCUT2D eigenvalue weighted by Gasteiger charge is 2.20. The van der Waals surface area contributed by atoms with Crippen molar-refractivity contribution in [1.82, 2.24) is 4.98 Å². The van der Waals surface area contributed by atoms with Crippen LogP contribution in [0.1, 0.15) is 28.9 Å². The van der Waals surface area contributed by atoms with Crippen molar-refractivity contribution in [2.75, 3.05) is 0 Å². The summed E-state index contributed by atoms with van der Waals surface area (Å²) in [5.41, 5.74) is -0.115. The Morgan fingerprint density at radius 2 is 2.12 bits per heavy atom. The van der Waals surface area contributed by atoms with Gasteiger partial charge in [-0.15, -0.1) is 0 Å². The highest BCUT2D eigenvalue weighted by molar-refractivity contribution is 9.08. The van der Waals surface area contributed by atoms with E-state index in [4.69, 9.17) is 10.5 Å². The number of nitriles is 2. The quantitative estimate of drug-likeness (QED) is 0.803. The molecule has 6 heteroatoms. The molecule has 0 aliphatic carbocycles. The monoisotopic (exact) mass is 285 g/mol. The molecule has 1 rings (SSSR count). The van der Waals surface area contributed by atoms with Crippen molar-refractivity contribution in [3.05, 3.63) is 28.6 Å². The molecule has 0 fully saturated rings. The van der Waals surface area contributed by atoms with E-state index in [0.29, 0.717) is 11.0 Å². The van der Waals surface area contributed by atoms with Gasteiger partial charge in [-0.2, -0.15) is 10.5 Å². The zero-order valence-electron chi connectivity index (χ0n) is 8.04. The number of hydrogen-bond donors (Lipinski definition) is 0. The molecule has 0 N–H and O–H groups in total. The van der Waals surface area contributed by atoms with Crippen LogP contribution in [-0.2, 0) is 11.8 Å². The normalized spacial score (nSPS) is 9.88. The minimum atomic E-state index is -2.80. The van der Waals surface area contributed by atoms with Gasteiger partial charge >= 0.3 is 0 Å². The Kier molecular flexibility index (Phi) is 4.33. The van der Waals surface area contributed by atoms with Crippen LogP contribution in [0, 0.1) is 22.7 Å². The third-order valence-electron chi connectivity index (χ3n) is 1.91. The molecule has 0 spiro atoms. The predicted octanol–water partition coefficient (Wildman–Crippen LogP) is 2.85. The number of pyridine rings is 1. The molecule has 0 aromatic carbocycles. The SMILES string of the molecule is N#CCc1nc(CBr)cc(C#N)c1C(F)F. The fraction of sp³-hybridized carbons (Fsp3) is 0.300. The fourth-order valence-corrected chi connectivity index (χ4v) is 1.57. The van der Waals surface area contributed by atoms with Gasteiger partial charge in [0.15, 0.2) is 0 Å². The lowest BCUT2D eigenvalue weighted by Crippen LogP contribution is -2.04. The average molecular weight is 286 g/mol. The number of hydrogen-bond acceptors (Lipinski definition) is 3. The molecular weight excluding hydrogens is 280 g/mol. The summed E-state index contributed by atoms with van der Waals surface area (Å²) in [6.45, 7) is 0. The fourth-order valence-electron chi connectivity index (χ4n) is 1.28. The van der Waals surface area contributed by atoms with Gasteiger partial charge < -0.3 is 0 Å². The van der Waals surface area contributed by atoms with E-state index < -0.39 is 12.0 Å². The van der Waals surface area contributed by atoms with E-state index in [1.165, 1.54) is 6.07 Å². The first-order valence-electron chi connectivity index (χ1n) is 4.27. The van der Waals surface area contributed by atoms with Crippen LogP contribution in [0.25, 0.3) is 0 Å². The molecular formula is C10H6BrF2N3. The Labute approximate surface area is 99.5 Å². The average Bonchev–Trinajstić information content (AvgIpc) is 2.27. The topological polar surface area (TPSA) is 60.5 Å². The van der Waals surface area contributed by atoms with Gasteiger partial charge in [-0.3, -0.25) is 4.98 Å². The Hall–Kier alpha value is -1.53. The summed E-state index contributed by atoms with van der Waals surface area (Å²) < 4.78 is 25.4. The van der Waals surface area contributed by atoms with Gasteiger partial charge in [0.25, 0.3) is 6.43 Å². The second-order valence-corrected chi connectivity index (χ2v) is 3.46. The molecule has 0 saturated carbocycles. The maximum atomic E-state index is 12.7. The van der Waals surface area contributed by atoms with Gasteiger partial charge in [0, 0.05) is 5.33 Å². The van der Waals surface area contributed by atoms with Crippen LogP contribution in [-0.4, -0.2) is 4.98 Å². The van der Waals surface area contributed by atoms with Gasteiger partial charge in [-0.05, 0) is 6.07 Å². The molecule has 16 heavy (non-hydrogen) atoms. The Bertz CT molecular complexity index is 474. The van der Waals surface area contributed by atoms with Gasteiger partial charge in [-0.1, -0.05) is 15.9 Å². The summed E-state index contributed by atoms with van der Waals surface area (Å²) in [6.07, 6.45) is -3.02. The first-order chi connectivity index (χ1) is 7.63. The van der Waals surface area contributed by atoms with Crippen molar-refractivity contribution in [2.24, 2.45) is 0 Å². The predicted molar refractivity (Wildman–Crippen MR) is 55.9 cm³/mol. The summed E-state index contributed by atoms with van der Waals surface area (Å²) in [4.78, 5) is 3.91. The minimum absolute atomic E-state index is 0.0222. The van der Waals surface area contributed by atoms with Gasteiger partial charge in [0.2, 0.25) is 0 Å². The van der Waals surface area contributed by atoms with Crippen LogP contribution >= 0.6 is 15.9 Å². The maximum Gasteiger partial charge on any atom is 0.266 e. The zero-order valence-corrected chi connectivity index (χ0v) is 9.63. The molecule has 1 aromatic rings.